The molecule has 2 unspecified atom stereocenters. The first-order valence-electron chi connectivity index (χ1n) is 8.20. The molecule has 0 aliphatic heterocycles. The Hall–Kier alpha value is -0.800. The van der Waals surface area contributed by atoms with Crippen LogP contribution < -0.4 is 5.32 Å². The van der Waals surface area contributed by atoms with E-state index in [1.54, 1.807) is 0 Å². The quantitative estimate of drug-likeness (QED) is 0.861. The summed E-state index contributed by atoms with van der Waals surface area (Å²) in [5, 5.41) is 3.54. The number of nitrogens with one attached hydrogen (secondary N) is 1. The summed E-state index contributed by atoms with van der Waals surface area (Å²) < 4.78 is 5.72. The molecule has 0 radical (unpaired) electrons. The Morgan fingerprint density at radius 3 is 2.90 bits per heavy atom. The average molecular weight is 276 g/mol. The maximum Gasteiger partial charge on any atom is 0.118 e. The molecule has 112 valence electrons. The van der Waals surface area contributed by atoms with E-state index >= 15 is 0 Å². The van der Waals surface area contributed by atoms with Crippen molar-refractivity contribution in [2.75, 3.05) is 7.05 Å². The van der Waals surface area contributed by atoms with Crippen molar-refractivity contribution in [1.29, 1.82) is 0 Å². The maximum atomic E-state index is 5.72. The Labute approximate surface area is 122 Å². The molecular weight excluding hydrogens is 248 g/mol. The molecule has 0 spiro atoms. The van der Waals surface area contributed by atoms with Crippen LogP contribution in [0.2, 0.25) is 0 Å². The van der Waals surface area contributed by atoms with Crippen LogP contribution in [0.1, 0.15) is 56.8 Å². The molecule has 0 bridgehead atoms. The van der Waals surface area contributed by atoms with Crippen molar-refractivity contribution in [2.24, 2.45) is 5.92 Å². The molecule has 1 aromatic heterocycles. The zero-order valence-electron chi connectivity index (χ0n) is 12.9. The fraction of sp³-hybridized carbons (Fsp3) is 0.765. The molecule has 2 atom stereocenters. The predicted octanol–water partition coefficient (Wildman–Crippen LogP) is 3.54. The lowest BCUT2D eigenvalue weighted by Crippen LogP contribution is -2.34. The van der Waals surface area contributed by atoms with E-state index in [2.05, 4.69) is 30.3 Å². The Kier molecular flexibility index (Phi) is 4.47. The highest BCUT2D eigenvalue weighted by atomic mass is 16.3. The van der Waals surface area contributed by atoms with Crippen LogP contribution in [0.15, 0.2) is 16.7 Å². The zero-order valence-corrected chi connectivity index (χ0v) is 12.9. The van der Waals surface area contributed by atoms with Crippen molar-refractivity contribution >= 4 is 0 Å². The van der Waals surface area contributed by atoms with Gasteiger partial charge in [0.2, 0.25) is 0 Å². The highest BCUT2D eigenvalue weighted by molar-refractivity contribution is 5.13. The number of hydrogen-bond donors (Lipinski definition) is 1. The van der Waals surface area contributed by atoms with E-state index < -0.39 is 0 Å². The summed E-state index contributed by atoms with van der Waals surface area (Å²) in [5.74, 6) is 1.99. The lowest BCUT2D eigenvalue weighted by atomic mass is 9.86. The minimum Gasteiger partial charge on any atom is -0.468 e. The molecule has 3 rings (SSSR count). The van der Waals surface area contributed by atoms with Gasteiger partial charge in [0.05, 0.1) is 12.8 Å². The van der Waals surface area contributed by atoms with Gasteiger partial charge in [-0.15, -0.1) is 0 Å². The van der Waals surface area contributed by atoms with Crippen molar-refractivity contribution in [1.82, 2.24) is 10.2 Å². The molecule has 0 saturated heterocycles. The minimum atomic E-state index is 0.733. The third-order valence-electron chi connectivity index (χ3n) is 4.82. The summed E-state index contributed by atoms with van der Waals surface area (Å²) in [4.78, 5) is 2.48. The average Bonchev–Trinajstić information content (AvgIpc) is 3.16. The van der Waals surface area contributed by atoms with Gasteiger partial charge in [-0.2, -0.15) is 0 Å². The summed E-state index contributed by atoms with van der Waals surface area (Å²) >= 11 is 0. The molecule has 2 aliphatic rings. The molecule has 3 nitrogen and oxygen atoms in total. The largest absolute Gasteiger partial charge is 0.468 e. The molecule has 0 aromatic carbocycles. The molecule has 0 amide bonds. The second kappa shape index (κ2) is 6.31. The molecular formula is C17H28N2O. The molecule has 1 aromatic rings. The lowest BCUT2D eigenvalue weighted by molar-refractivity contribution is 0.149. The van der Waals surface area contributed by atoms with Crippen LogP contribution in [0.4, 0.5) is 0 Å². The molecule has 2 aliphatic carbocycles. The first kappa shape index (κ1) is 14.2. The van der Waals surface area contributed by atoms with Gasteiger partial charge in [-0.25, -0.2) is 0 Å². The van der Waals surface area contributed by atoms with E-state index in [9.17, 15) is 0 Å². The fourth-order valence-corrected chi connectivity index (χ4v) is 3.33. The standard InChI is InChI=1S/C17H28N2O/c1-13-4-3-5-16(8-13)19(2)11-17-9-14(12-20-17)10-18-15-6-7-15/h9,12-13,15-16,18H,3-8,10-11H2,1-2H3. The van der Waals surface area contributed by atoms with E-state index in [-0.39, 0.29) is 0 Å². The maximum absolute atomic E-state index is 5.72. The number of rotatable bonds is 6. The predicted molar refractivity (Wildman–Crippen MR) is 81.5 cm³/mol. The Morgan fingerprint density at radius 2 is 2.15 bits per heavy atom. The van der Waals surface area contributed by atoms with E-state index in [1.165, 1.54) is 44.1 Å². The molecule has 2 fully saturated rings. The van der Waals surface area contributed by atoms with Crippen LogP contribution in [0.3, 0.4) is 0 Å². The monoisotopic (exact) mass is 276 g/mol. The van der Waals surface area contributed by atoms with Crippen LogP contribution in [0, 0.1) is 5.92 Å². The van der Waals surface area contributed by atoms with Crippen LogP contribution >= 0.6 is 0 Å². The van der Waals surface area contributed by atoms with Gasteiger partial charge in [0.25, 0.3) is 0 Å². The van der Waals surface area contributed by atoms with E-state index in [0.717, 1.165) is 36.9 Å². The van der Waals surface area contributed by atoms with Crippen LogP contribution in [0.5, 0.6) is 0 Å². The van der Waals surface area contributed by atoms with Crippen LogP contribution in [0.25, 0.3) is 0 Å². The van der Waals surface area contributed by atoms with Gasteiger partial charge >= 0.3 is 0 Å². The number of hydrogen-bond acceptors (Lipinski definition) is 3. The molecule has 1 N–H and O–H groups in total. The van der Waals surface area contributed by atoms with Crippen LogP contribution in [-0.2, 0) is 13.1 Å². The number of furan rings is 1. The van der Waals surface area contributed by atoms with Gasteiger partial charge < -0.3 is 9.73 Å². The highest BCUT2D eigenvalue weighted by Crippen LogP contribution is 2.27. The summed E-state index contributed by atoms with van der Waals surface area (Å²) in [6.07, 6.45) is 10.1. The second-order valence-corrected chi connectivity index (χ2v) is 6.92. The molecule has 3 heteroatoms. The fourth-order valence-electron chi connectivity index (χ4n) is 3.33. The Morgan fingerprint density at radius 1 is 1.30 bits per heavy atom. The van der Waals surface area contributed by atoms with E-state index in [0.29, 0.717) is 0 Å². The van der Waals surface area contributed by atoms with Gasteiger partial charge in [0, 0.05) is 24.2 Å². The van der Waals surface area contributed by atoms with Crippen LogP contribution in [-0.4, -0.2) is 24.0 Å². The number of nitrogens with zero attached hydrogens (tertiary/aromatic N) is 1. The zero-order chi connectivity index (χ0) is 13.9. The Bertz CT molecular complexity index is 424. The van der Waals surface area contributed by atoms with E-state index in [4.69, 9.17) is 4.42 Å². The van der Waals surface area contributed by atoms with Gasteiger partial charge in [0.15, 0.2) is 0 Å². The first-order valence-corrected chi connectivity index (χ1v) is 8.20. The van der Waals surface area contributed by atoms with E-state index in [1.807, 2.05) is 6.26 Å². The summed E-state index contributed by atoms with van der Waals surface area (Å²) in [6, 6.07) is 3.72. The summed E-state index contributed by atoms with van der Waals surface area (Å²) in [6.45, 7) is 4.29. The first-order chi connectivity index (χ1) is 9.70. The third kappa shape index (κ3) is 3.86. The third-order valence-corrected chi connectivity index (χ3v) is 4.82. The molecule has 1 heterocycles. The second-order valence-electron chi connectivity index (χ2n) is 6.92. The van der Waals surface area contributed by atoms with Crippen molar-refractivity contribution in [2.45, 2.75) is 70.6 Å². The SMILES string of the molecule is CC1CCCC(N(C)Cc2cc(CNC3CC3)co2)C1. The molecule has 20 heavy (non-hydrogen) atoms. The normalized spacial score (nSPS) is 27.1. The van der Waals surface area contributed by atoms with Gasteiger partial charge in [-0.05, 0) is 44.7 Å². The van der Waals surface area contributed by atoms with Gasteiger partial charge in [0.1, 0.15) is 5.76 Å². The minimum absolute atomic E-state index is 0.733. The van der Waals surface area contributed by atoms with Crippen molar-refractivity contribution in [3.05, 3.63) is 23.7 Å². The Balaban J connectivity index is 1.48. The van der Waals surface area contributed by atoms with Crippen molar-refractivity contribution in [3.8, 4) is 0 Å². The molecule has 2 saturated carbocycles. The lowest BCUT2D eigenvalue weighted by Gasteiger charge is -2.33. The van der Waals surface area contributed by atoms with Gasteiger partial charge in [-0.1, -0.05) is 19.8 Å². The van der Waals surface area contributed by atoms with Gasteiger partial charge in [-0.3, -0.25) is 4.90 Å². The van der Waals surface area contributed by atoms with Crippen molar-refractivity contribution < 1.29 is 4.42 Å². The summed E-state index contributed by atoms with van der Waals surface area (Å²) in [5.41, 5.74) is 1.29. The highest BCUT2D eigenvalue weighted by Gasteiger charge is 2.23. The summed E-state index contributed by atoms with van der Waals surface area (Å²) in [7, 11) is 2.24. The van der Waals surface area contributed by atoms with Crippen molar-refractivity contribution in [3.63, 3.8) is 0 Å². The smallest absolute Gasteiger partial charge is 0.118 e. The topological polar surface area (TPSA) is 28.4 Å².